The molecule has 19 heavy (non-hydrogen) atoms. The van der Waals surface area contributed by atoms with E-state index in [1.807, 2.05) is 18.2 Å². The number of benzene rings is 1. The van der Waals surface area contributed by atoms with Gasteiger partial charge >= 0.3 is 0 Å². The first-order chi connectivity index (χ1) is 9.24. The van der Waals surface area contributed by atoms with Crippen molar-refractivity contribution in [2.24, 2.45) is 5.92 Å². The summed E-state index contributed by atoms with van der Waals surface area (Å²) in [6, 6.07) is 5.66. The summed E-state index contributed by atoms with van der Waals surface area (Å²) in [5, 5.41) is 0.702. The largest absolute Gasteiger partial charge is 0.298 e. The lowest BCUT2D eigenvalue weighted by atomic mass is 9.89. The molecule has 1 saturated carbocycles. The van der Waals surface area contributed by atoms with Crippen LogP contribution < -0.4 is 5.56 Å². The monoisotopic (exact) mass is 320 g/mol. The van der Waals surface area contributed by atoms with Crippen LogP contribution in [0.2, 0.25) is 0 Å². The molecule has 0 saturated heterocycles. The van der Waals surface area contributed by atoms with Crippen molar-refractivity contribution in [2.75, 3.05) is 0 Å². The summed E-state index contributed by atoms with van der Waals surface area (Å²) >= 11 is 3.41. The zero-order valence-electron chi connectivity index (χ0n) is 10.8. The van der Waals surface area contributed by atoms with E-state index < -0.39 is 0 Å². The summed E-state index contributed by atoms with van der Waals surface area (Å²) in [5.41, 5.74) is 0.852. The van der Waals surface area contributed by atoms with Crippen LogP contribution in [0, 0.1) is 5.92 Å². The molecule has 100 valence electrons. The Kier molecular flexibility index (Phi) is 3.69. The van der Waals surface area contributed by atoms with Crippen molar-refractivity contribution in [3.05, 3.63) is 39.4 Å². The van der Waals surface area contributed by atoms with Crippen LogP contribution in [0.25, 0.3) is 10.9 Å². The highest BCUT2D eigenvalue weighted by atomic mass is 79.9. The number of hydrogen-bond acceptors (Lipinski definition) is 2. The van der Waals surface area contributed by atoms with Gasteiger partial charge < -0.3 is 0 Å². The third kappa shape index (κ3) is 2.73. The van der Waals surface area contributed by atoms with E-state index in [9.17, 15) is 4.79 Å². The molecular weight excluding hydrogens is 304 g/mol. The molecule has 1 aliphatic rings. The summed E-state index contributed by atoms with van der Waals surface area (Å²) in [5.74, 6) is 0.637. The number of halogens is 1. The summed E-state index contributed by atoms with van der Waals surface area (Å²) in [4.78, 5) is 16.8. The Morgan fingerprint density at radius 1 is 1.26 bits per heavy atom. The summed E-state index contributed by atoms with van der Waals surface area (Å²) in [6.45, 7) is 0.814. The summed E-state index contributed by atoms with van der Waals surface area (Å²) in [7, 11) is 0. The molecule has 0 spiro atoms. The van der Waals surface area contributed by atoms with Gasteiger partial charge in [-0.1, -0.05) is 35.2 Å². The number of hydrogen-bond donors (Lipinski definition) is 0. The fourth-order valence-electron chi connectivity index (χ4n) is 2.91. The lowest BCUT2D eigenvalue weighted by molar-refractivity contribution is 0.315. The number of rotatable bonds is 2. The number of nitrogens with zero attached hydrogens (tertiary/aromatic N) is 2. The van der Waals surface area contributed by atoms with E-state index in [0.29, 0.717) is 11.3 Å². The van der Waals surface area contributed by atoms with Gasteiger partial charge in [-0.2, -0.15) is 0 Å². The topological polar surface area (TPSA) is 34.9 Å². The number of fused-ring (bicyclic) bond motifs is 1. The smallest absolute Gasteiger partial charge is 0.261 e. The standard InChI is InChI=1S/C15H17BrN2O/c16-12-6-7-14-13(8-12)15(19)18(10-17-14)9-11-4-2-1-3-5-11/h6-8,10-11H,1-5,9H2. The van der Waals surface area contributed by atoms with Crippen LogP contribution in [0.3, 0.4) is 0 Å². The van der Waals surface area contributed by atoms with Gasteiger partial charge in [-0.25, -0.2) is 4.98 Å². The first-order valence-electron chi connectivity index (χ1n) is 6.89. The van der Waals surface area contributed by atoms with Crippen LogP contribution >= 0.6 is 15.9 Å². The van der Waals surface area contributed by atoms with Crippen molar-refractivity contribution < 1.29 is 0 Å². The van der Waals surface area contributed by atoms with Gasteiger partial charge in [-0.05, 0) is 37.0 Å². The van der Waals surface area contributed by atoms with Gasteiger partial charge in [0.15, 0.2) is 0 Å². The van der Waals surface area contributed by atoms with Crippen molar-refractivity contribution >= 4 is 26.8 Å². The fraction of sp³-hybridized carbons (Fsp3) is 0.467. The van der Waals surface area contributed by atoms with E-state index in [1.165, 1.54) is 32.1 Å². The van der Waals surface area contributed by atoms with Crippen LogP contribution in [-0.2, 0) is 6.54 Å². The number of aromatic nitrogens is 2. The Morgan fingerprint density at radius 2 is 2.05 bits per heavy atom. The van der Waals surface area contributed by atoms with E-state index in [2.05, 4.69) is 20.9 Å². The predicted octanol–water partition coefficient (Wildman–Crippen LogP) is 3.74. The molecule has 2 aromatic rings. The molecule has 0 atom stereocenters. The molecule has 0 bridgehead atoms. The van der Waals surface area contributed by atoms with E-state index in [-0.39, 0.29) is 5.56 Å². The first kappa shape index (κ1) is 12.9. The molecule has 3 nitrogen and oxygen atoms in total. The first-order valence-corrected chi connectivity index (χ1v) is 7.68. The summed E-state index contributed by atoms with van der Waals surface area (Å²) in [6.07, 6.45) is 8.12. The van der Waals surface area contributed by atoms with Crippen molar-refractivity contribution in [3.63, 3.8) is 0 Å². The molecule has 0 unspecified atom stereocenters. The van der Waals surface area contributed by atoms with Gasteiger partial charge in [0.05, 0.1) is 17.2 Å². The highest BCUT2D eigenvalue weighted by Crippen LogP contribution is 2.24. The normalized spacial score (nSPS) is 16.9. The minimum absolute atomic E-state index is 0.0804. The zero-order valence-corrected chi connectivity index (χ0v) is 12.4. The Labute approximate surface area is 120 Å². The maximum Gasteiger partial charge on any atom is 0.261 e. The van der Waals surface area contributed by atoms with Crippen LogP contribution in [0.1, 0.15) is 32.1 Å². The fourth-order valence-corrected chi connectivity index (χ4v) is 3.27. The van der Waals surface area contributed by atoms with Crippen LogP contribution in [0.15, 0.2) is 33.8 Å². The van der Waals surface area contributed by atoms with Crippen molar-refractivity contribution in [1.29, 1.82) is 0 Å². The highest BCUT2D eigenvalue weighted by molar-refractivity contribution is 9.10. The quantitative estimate of drug-likeness (QED) is 0.844. The van der Waals surface area contributed by atoms with E-state index >= 15 is 0 Å². The lowest BCUT2D eigenvalue weighted by Crippen LogP contribution is -2.25. The van der Waals surface area contributed by atoms with Crippen molar-refractivity contribution in [1.82, 2.24) is 9.55 Å². The second-order valence-corrected chi connectivity index (χ2v) is 6.28. The van der Waals surface area contributed by atoms with Gasteiger partial charge in [-0.3, -0.25) is 9.36 Å². The Bertz CT molecular complexity index is 644. The van der Waals surface area contributed by atoms with E-state index in [0.717, 1.165) is 16.5 Å². The van der Waals surface area contributed by atoms with Crippen molar-refractivity contribution in [3.8, 4) is 0 Å². The second kappa shape index (κ2) is 5.45. The molecule has 1 aromatic carbocycles. The molecular formula is C15H17BrN2O. The minimum Gasteiger partial charge on any atom is -0.298 e. The molecule has 0 amide bonds. The average molecular weight is 321 g/mol. The van der Waals surface area contributed by atoms with Gasteiger partial charge in [-0.15, -0.1) is 0 Å². The van der Waals surface area contributed by atoms with E-state index in [4.69, 9.17) is 0 Å². The molecule has 0 aliphatic heterocycles. The Balaban J connectivity index is 1.95. The van der Waals surface area contributed by atoms with Gasteiger partial charge in [0.1, 0.15) is 0 Å². The maximum atomic E-state index is 12.5. The minimum atomic E-state index is 0.0804. The van der Waals surface area contributed by atoms with E-state index in [1.54, 1.807) is 10.9 Å². The average Bonchev–Trinajstić information content (AvgIpc) is 2.44. The molecule has 1 aliphatic carbocycles. The molecule has 3 rings (SSSR count). The van der Waals surface area contributed by atoms with Crippen molar-refractivity contribution in [2.45, 2.75) is 38.6 Å². The zero-order chi connectivity index (χ0) is 13.2. The maximum absolute atomic E-state index is 12.5. The van der Waals surface area contributed by atoms with Crippen LogP contribution in [0.5, 0.6) is 0 Å². The van der Waals surface area contributed by atoms with Gasteiger partial charge in [0.25, 0.3) is 5.56 Å². The Hall–Kier alpha value is -1.16. The molecule has 1 aromatic heterocycles. The second-order valence-electron chi connectivity index (χ2n) is 5.37. The van der Waals surface area contributed by atoms with Gasteiger partial charge in [0.2, 0.25) is 0 Å². The summed E-state index contributed by atoms with van der Waals surface area (Å²) < 4.78 is 2.71. The molecule has 0 radical (unpaired) electrons. The molecule has 1 fully saturated rings. The molecule has 1 heterocycles. The lowest BCUT2D eigenvalue weighted by Gasteiger charge is -2.22. The third-order valence-corrected chi connectivity index (χ3v) is 4.46. The molecule has 4 heteroatoms. The van der Waals surface area contributed by atoms with Crippen LogP contribution in [-0.4, -0.2) is 9.55 Å². The van der Waals surface area contributed by atoms with Crippen LogP contribution in [0.4, 0.5) is 0 Å². The molecule has 0 N–H and O–H groups in total. The third-order valence-electron chi connectivity index (χ3n) is 3.97. The Morgan fingerprint density at radius 3 is 2.84 bits per heavy atom. The SMILES string of the molecule is O=c1c2cc(Br)ccc2ncn1CC1CCCCC1. The predicted molar refractivity (Wildman–Crippen MR) is 80.3 cm³/mol. The highest BCUT2D eigenvalue weighted by Gasteiger charge is 2.15. The van der Waals surface area contributed by atoms with Gasteiger partial charge in [0, 0.05) is 11.0 Å².